The molecular formula is C11H11N3O3. The second-order valence-electron chi connectivity index (χ2n) is 3.52. The molecular weight excluding hydrogens is 222 g/mol. The molecule has 1 aromatic carbocycles. The van der Waals surface area contributed by atoms with E-state index in [1.165, 1.54) is 12.1 Å². The van der Waals surface area contributed by atoms with E-state index >= 15 is 0 Å². The summed E-state index contributed by atoms with van der Waals surface area (Å²) in [7, 11) is 1.82. The van der Waals surface area contributed by atoms with Gasteiger partial charge in [-0.3, -0.25) is 10.1 Å². The molecule has 0 unspecified atom stereocenters. The summed E-state index contributed by atoms with van der Waals surface area (Å²) in [5.74, 6) is 0.602. The molecule has 0 saturated heterocycles. The van der Waals surface area contributed by atoms with Gasteiger partial charge in [-0.15, -0.1) is 0 Å². The lowest BCUT2D eigenvalue weighted by molar-refractivity contribution is -0.384. The molecule has 0 aliphatic rings. The van der Waals surface area contributed by atoms with E-state index in [1.54, 1.807) is 18.2 Å². The van der Waals surface area contributed by atoms with Crippen LogP contribution in [-0.2, 0) is 6.54 Å². The van der Waals surface area contributed by atoms with Crippen LogP contribution in [0, 0.1) is 10.1 Å². The van der Waals surface area contributed by atoms with E-state index in [2.05, 4.69) is 10.5 Å². The van der Waals surface area contributed by atoms with Gasteiger partial charge in [0.1, 0.15) is 0 Å². The van der Waals surface area contributed by atoms with Crippen molar-refractivity contribution >= 4 is 5.69 Å². The topological polar surface area (TPSA) is 81.2 Å². The van der Waals surface area contributed by atoms with Gasteiger partial charge >= 0.3 is 0 Å². The summed E-state index contributed by atoms with van der Waals surface area (Å²) in [4.78, 5) is 10.1. The van der Waals surface area contributed by atoms with Gasteiger partial charge in [-0.2, -0.15) is 0 Å². The van der Waals surface area contributed by atoms with E-state index < -0.39 is 4.92 Å². The monoisotopic (exact) mass is 233 g/mol. The van der Waals surface area contributed by atoms with Crippen LogP contribution in [0.3, 0.4) is 0 Å². The number of rotatable bonds is 4. The Morgan fingerprint density at radius 2 is 2.12 bits per heavy atom. The maximum absolute atomic E-state index is 10.5. The summed E-state index contributed by atoms with van der Waals surface area (Å²) in [6.45, 7) is 0.622. The van der Waals surface area contributed by atoms with Gasteiger partial charge in [-0.25, -0.2) is 0 Å². The summed E-state index contributed by atoms with van der Waals surface area (Å²) in [5.41, 5.74) is 1.62. The highest BCUT2D eigenvalue weighted by atomic mass is 16.6. The molecule has 17 heavy (non-hydrogen) atoms. The molecule has 0 bridgehead atoms. The van der Waals surface area contributed by atoms with Gasteiger partial charge in [0.05, 0.1) is 10.6 Å². The van der Waals surface area contributed by atoms with Crippen molar-refractivity contribution in [2.45, 2.75) is 6.54 Å². The van der Waals surface area contributed by atoms with Crippen LogP contribution in [0.25, 0.3) is 11.3 Å². The van der Waals surface area contributed by atoms with Gasteiger partial charge in [0.2, 0.25) is 0 Å². The molecule has 1 N–H and O–H groups in total. The first-order valence-electron chi connectivity index (χ1n) is 5.05. The number of nitrogens with zero attached hydrogens (tertiary/aromatic N) is 2. The molecule has 0 aliphatic heterocycles. The van der Waals surface area contributed by atoms with Gasteiger partial charge in [-0.05, 0) is 19.2 Å². The summed E-state index contributed by atoms with van der Waals surface area (Å²) >= 11 is 0. The molecule has 0 amide bonds. The highest BCUT2D eigenvalue weighted by Gasteiger charge is 2.09. The fourth-order valence-electron chi connectivity index (χ4n) is 1.46. The second kappa shape index (κ2) is 4.75. The molecule has 1 heterocycles. The molecule has 0 aliphatic carbocycles. The number of non-ortho nitro benzene ring substituents is 1. The van der Waals surface area contributed by atoms with Crippen LogP contribution in [0.1, 0.15) is 5.69 Å². The van der Waals surface area contributed by atoms with Crippen molar-refractivity contribution in [1.29, 1.82) is 0 Å². The molecule has 0 atom stereocenters. The lowest BCUT2D eigenvalue weighted by Crippen LogP contribution is -2.04. The number of benzene rings is 1. The molecule has 88 valence electrons. The average Bonchev–Trinajstić information content (AvgIpc) is 2.78. The Morgan fingerprint density at radius 1 is 1.41 bits per heavy atom. The third kappa shape index (κ3) is 2.48. The van der Waals surface area contributed by atoms with Crippen LogP contribution in [-0.4, -0.2) is 17.1 Å². The van der Waals surface area contributed by atoms with E-state index in [9.17, 15) is 10.1 Å². The largest absolute Gasteiger partial charge is 0.356 e. The van der Waals surface area contributed by atoms with Crippen molar-refractivity contribution in [2.24, 2.45) is 0 Å². The van der Waals surface area contributed by atoms with Crippen LogP contribution in [0.4, 0.5) is 5.69 Å². The van der Waals surface area contributed by atoms with Gasteiger partial charge in [-0.1, -0.05) is 5.16 Å². The summed E-state index contributed by atoms with van der Waals surface area (Å²) in [6, 6.07) is 7.96. The highest BCUT2D eigenvalue weighted by molar-refractivity contribution is 5.59. The van der Waals surface area contributed by atoms with E-state index in [1.807, 2.05) is 7.05 Å². The lowest BCUT2D eigenvalue weighted by Gasteiger charge is -1.94. The standard InChI is InChI=1S/C11H11N3O3/c1-12-7-9-6-11(17-13-9)8-2-4-10(5-3-8)14(15)16/h2-6,12H,7H2,1H3. The number of nitro groups is 1. The molecule has 1 aromatic heterocycles. The third-order valence-corrected chi connectivity index (χ3v) is 2.28. The van der Waals surface area contributed by atoms with Crippen molar-refractivity contribution < 1.29 is 9.45 Å². The second-order valence-corrected chi connectivity index (χ2v) is 3.52. The van der Waals surface area contributed by atoms with E-state index in [0.29, 0.717) is 12.3 Å². The van der Waals surface area contributed by atoms with Gasteiger partial charge < -0.3 is 9.84 Å². The zero-order valence-electron chi connectivity index (χ0n) is 9.21. The van der Waals surface area contributed by atoms with Gasteiger partial charge in [0, 0.05) is 30.3 Å². The minimum atomic E-state index is -0.434. The van der Waals surface area contributed by atoms with Crippen LogP contribution in [0.5, 0.6) is 0 Å². The highest BCUT2D eigenvalue weighted by Crippen LogP contribution is 2.22. The van der Waals surface area contributed by atoms with E-state index in [4.69, 9.17) is 4.52 Å². The van der Waals surface area contributed by atoms with Crippen molar-refractivity contribution in [3.63, 3.8) is 0 Å². The molecule has 0 radical (unpaired) electrons. The summed E-state index contributed by atoms with van der Waals surface area (Å²) in [5, 5.41) is 17.3. The van der Waals surface area contributed by atoms with Crippen molar-refractivity contribution in [3.05, 3.63) is 46.1 Å². The normalized spacial score (nSPS) is 10.4. The Morgan fingerprint density at radius 3 is 2.71 bits per heavy atom. The van der Waals surface area contributed by atoms with Gasteiger partial charge in [0.25, 0.3) is 5.69 Å². The predicted molar refractivity (Wildman–Crippen MR) is 61.4 cm³/mol. The maximum atomic E-state index is 10.5. The minimum Gasteiger partial charge on any atom is -0.356 e. The lowest BCUT2D eigenvalue weighted by atomic mass is 10.1. The Bertz CT molecular complexity index is 519. The number of hydrogen-bond acceptors (Lipinski definition) is 5. The van der Waals surface area contributed by atoms with Gasteiger partial charge in [0.15, 0.2) is 5.76 Å². The first-order chi connectivity index (χ1) is 8.20. The Labute approximate surface area is 97.4 Å². The van der Waals surface area contributed by atoms with Crippen LogP contribution >= 0.6 is 0 Å². The predicted octanol–water partition coefficient (Wildman–Crippen LogP) is 1.97. The van der Waals surface area contributed by atoms with Crippen molar-refractivity contribution in [3.8, 4) is 11.3 Å². The van der Waals surface area contributed by atoms with E-state index in [0.717, 1.165) is 11.3 Å². The first kappa shape index (κ1) is 11.3. The molecule has 2 rings (SSSR count). The first-order valence-corrected chi connectivity index (χ1v) is 5.05. The molecule has 6 heteroatoms. The summed E-state index contributed by atoms with van der Waals surface area (Å²) in [6.07, 6.45) is 0. The quantitative estimate of drug-likeness (QED) is 0.645. The van der Waals surface area contributed by atoms with Crippen LogP contribution in [0.15, 0.2) is 34.9 Å². The Kier molecular flexibility index (Phi) is 3.15. The minimum absolute atomic E-state index is 0.0590. The fourth-order valence-corrected chi connectivity index (χ4v) is 1.46. The van der Waals surface area contributed by atoms with Crippen molar-refractivity contribution in [2.75, 3.05) is 7.05 Å². The maximum Gasteiger partial charge on any atom is 0.269 e. The molecule has 0 fully saturated rings. The Hall–Kier alpha value is -2.21. The SMILES string of the molecule is CNCc1cc(-c2ccc([N+](=O)[O-])cc2)on1. The third-order valence-electron chi connectivity index (χ3n) is 2.28. The number of hydrogen-bond donors (Lipinski definition) is 1. The molecule has 6 nitrogen and oxygen atoms in total. The zero-order valence-corrected chi connectivity index (χ0v) is 9.21. The zero-order chi connectivity index (χ0) is 12.3. The van der Waals surface area contributed by atoms with Crippen LogP contribution < -0.4 is 5.32 Å². The summed E-state index contributed by atoms with van der Waals surface area (Å²) < 4.78 is 5.14. The number of aromatic nitrogens is 1. The van der Waals surface area contributed by atoms with Crippen molar-refractivity contribution in [1.82, 2.24) is 10.5 Å². The fraction of sp³-hybridized carbons (Fsp3) is 0.182. The number of nitro benzene ring substituents is 1. The molecule has 2 aromatic rings. The van der Waals surface area contributed by atoms with Crippen LogP contribution in [0.2, 0.25) is 0 Å². The Balaban J connectivity index is 2.23. The number of nitrogens with one attached hydrogen (secondary N) is 1. The molecule has 0 spiro atoms. The van der Waals surface area contributed by atoms with E-state index in [-0.39, 0.29) is 5.69 Å². The molecule has 0 saturated carbocycles. The average molecular weight is 233 g/mol. The smallest absolute Gasteiger partial charge is 0.269 e.